The predicted molar refractivity (Wildman–Crippen MR) is 45.4 cm³/mol. The smallest absolute Gasteiger partial charge is 0.514 e. The third-order valence-electron chi connectivity index (χ3n) is 0.915. The third kappa shape index (κ3) is 11.4. The van der Waals surface area contributed by atoms with Gasteiger partial charge in [-0.3, -0.25) is 0 Å². The first kappa shape index (κ1) is 13.2. The van der Waals surface area contributed by atoms with Gasteiger partial charge in [0.25, 0.3) is 0 Å². The van der Waals surface area contributed by atoms with E-state index in [1.54, 1.807) is 0 Å². The van der Waals surface area contributed by atoms with E-state index >= 15 is 0 Å². The minimum atomic E-state index is 0. The molecule has 0 amide bonds. The molecule has 0 aromatic heterocycles. The summed E-state index contributed by atoms with van der Waals surface area (Å²) in [5, 5.41) is 0. The van der Waals surface area contributed by atoms with Gasteiger partial charge < -0.3 is 29.6 Å². The molecule has 64 valence electrons. The molecule has 0 spiro atoms. The molecule has 0 aliphatic heterocycles. The molecule has 0 N–H and O–H groups in total. The molecule has 0 aliphatic carbocycles. The van der Waals surface area contributed by atoms with Crippen molar-refractivity contribution in [1.82, 2.24) is 0 Å². The maximum absolute atomic E-state index is 4.90. The van der Waals surface area contributed by atoms with Gasteiger partial charge in [-0.15, -0.1) is 0 Å². The molecule has 0 unspecified atom stereocenters. The van der Waals surface area contributed by atoms with Gasteiger partial charge in [0, 0.05) is 4.38 Å². The van der Waals surface area contributed by atoms with Crippen LogP contribution in [0.1, 0.15) is 20.3 Å². The fourth-order valence-electron chi connectivity index (χ4n) is 0.378. The minimum absolute atomic E-state index is 0. The average Bonchev–Trinajstić information content (AvgIpc) is 1.63. The summed E-state index contributed by atoms with van der Waals surface area (Å²) in [4.78, 5) is 0. The Balaban J connectivity index is 0. The van der Waals surface area contributed by atoms with Crippen molar-refractivity contribution in [3.63, 3.8) is 0 Å². The summed E-state index contributed by atoms with van der Waals surface area (Å²) in [5.41, 5.74) is 0. The quantitative estimate of drug-likeness (QED) is 0.413. The summed E-state index contributed by atoms with van der Waals surface area (Å²) in [6, 6.07) is 0. The molecule has 0 bridgehead atoms. The maximum atomic E-state index is 4.90. The molecule has 0 saturated carbocycles. The van der Waals surface area contributed by atoms with Crippen LogP contribution in [0.25, 0.3) is 0 Å². The van der Waals surface area contributed by atoms with Crippen molar-refractivity contribution < 1.29 is 21.8 Å². The first-order valence-electron chi connectivity index (χ1n) is 2.96. The van der Waals surface area contributed by atoms with Crippen LogP contribution in [0.3, 0.4) is 0 Å². The number of thiocarbonyl (C=S) groups is 1. The molecule has 4 heteroatoms. The van der Waals surface area contributed by atoms with E-state index in [4.69, 9.17) is 4.74 Å². The normalized spacial score (nSPS) is 8.70. The molecular weight excluding hydrogens is 216 g/mol. The van der Waals surface area contributed by atoms with Crippen molar-refractivity contribution in [2.75, 3.05) is 6.61 Å². The Morgan fingerprint density at radius 3 is 2.40 bits per heavy atom. The van der Waals surface area contributed by atoms with Crippen LogP contribution in [-0.4, -0.2) is 11.0 Å². The number of rotatable bonds is 3. The Bertz CT molecular complexity index is 95.7. The Hall–Kier alpha value is 0.629. The third-order valence-corrected chi connectivity index (χ3v) is 1.15. The molecule has 0 aromatic rings. The topological polar surface area (TPSA) is 9.23 Å². The van der Waals surface area contributed by atoms with E-state index in [9.17, 15) is 0 Å². The molecule has 0 radical (unpaired) electrons. The molecule has 0 atom stereocenters. The van der Waals surface area contributed by atoms with E-state index in [1.807, 2.05) is 0 Å². The molecule has 0 heterocycles. The van der Waals surface area contributed by atoms with Crippen LogP contribution in [0.4, 0.5) is 0 Å². The molecule has 0 saturated heterocycles. The molecule has 10 heavy (non-hydrogen) atoms. The molecule has 0 rings (SSSR count). The monoisotopic (exact) mass is 226 g/mol. The van der Waals surface area contributed by atoms with Gasteiger partial charge in [-0.25, -0.2) is 0 Å². The van der Waals surface area contributed by atoms with Gasteiger partial charge in [0.2, 0.25) is 0 Å². The molecule has 0 aliphatic rings. The van der Waals surface area contributed by atoms with Crippen LogP contribution in [0.15, 0.2) is 0 Å². The van der Waals surface area contributed by atoms with Crippen LogP contribution in [-0.2, 0) is 34.4 Å². The van der Waals surface area contributed by atoms with Crippen molar-refractivity contribution in [3.8, 4) is 0 Å². The molecule has 0 fully saturated rings. The first-order valence-corrected chi connectivity index (χ1v) is 3.78. The Kier molecular flexibility index (Phi) is 10.2. The van der Waals surface area contributed by atoms with Gasteiger partial charge in [0.15, 0.2) is 0 Å². The summed E-state index contributed by atoms with van der Waals surface area (Å²) < 4.78 is 5.13. The summed E-state index contributed by atoms with van der Waals surface area (Å²) in [6.45, 7) is 4.94. The molecule has 0 aromatic carbocycles. The van der Waals surface area contributed by atoms with Crippen molar-refractivity contribution >= 4 is 29.2 Å². The largest absolute Gasteiger partial charge is 1.00 e. The van der Waals surface area contributed by atoms with Gasteiger partial charge in [0.05, 0.1) is 6.61 Å². The van der Waals surface area contributed by atoms with Crippen molar-refractivity contribution in [2.45, 2.75) is 20.3 Å². The van der Waals surface area contributed by atoms with E-state index < -0.39 is 0 Å². The number of hydrogen-bond acceptors (Lipinski definition) is 3. The van der Waals surface area contributed by atoms with Gasteiger partial charge in [0.1, 0.15) is 0 Å². The van der Waals surface area contributed by atoms with Crippen LogP contribution in [0, 0.1) is 5.92 Å². The zero-order valence-electron chi connectivity index (χ0n) is 6.02. The SMILES string of the molecule is CC(C)CCOC(=S)[S-].[Cu+]. The van der Waals surface area contributed by atoms with Crippen molar-refractivity contribution in [2.24, 2.45) is 5.92 Å². The van der Waals surface area contributed by atoms with E-state index in [-0.39, 0.29) is 21.5 Å². The van der Waals surface area contributed by atoms with Crippen LogP contribution < -0.4 is 0 Å². The average molecular weight is 227 g/mol. The Morgan fingerprint density at radius 2 is 2.10 bits per heavy atom. The van der Waals surface area contributed by atoms with E-state index in [2.05, 4.69) is 38.7 Å². The number of ether oxygens (including phenoxy) is 1. The fraction of sp³-hybridized carbons (Fsp3) is 0.833. The number of hydrogen-bond donors (Lipinski definition) is 0. The second-order valence-electron chi connectivity index (χ2n) is 2.28. The first-order chi connectivity index (χ1) is 4.13. The van der Waals surface area contributed by atoms with E-state index in [0.29, 0.717) is 12.5 Å². The van der Waals surface area contributed by atoms with Crippen LogP contribution in [0.2, 0.25) is 0 Å². The fourth-order valence-corrected chi connectivity index (χ4v) is 0.545. The Morgan fingerprint density at radius 1 is 1.60 bits per heavy atom. The second-order valence-corrected chi connectivity index (χ2v) is 3.28. The summed E-state index contributed by atoms with van der Waals surface area (Å²) in [7, 11) is 0. The summed E-state index contributed by atoms with van der Waals surface area (Å²) in [6.07, 6.45) is 1.02. The summed E-state index contributed by atoms with van der Waals surface area (Å²) >= 11 is 9.08. The van der Waals surface area contributed by atoms with Crippen LogP contribution in [0.5, 0.6) is 0 Å². The van der Waals surface area contributed by atoms with Crippen molar-refractivity contribution in [3.05, 3.63) is 0 Å². The maximum Gasteiger partial charge on any atom is 1.00 e. The van der Waals surface area contributed by atoms with Gasteiger partial charge in [-0.2, -0.15) is 0 Å². The molecular formula is C6H11CuOS2. The predicted octanol–water partition coefficient (Wildman–Crippen LogP) is 1.88. The van der Waals surface area contributed by atoms with Crippen LogP contribution >= 0.6 is 12.2 Å². The second kappa shape index (κ2) is 7.73. The standard InChI is InChI=1S/C6H12OS2.Cu/c1-5(2)3-4-7-6(8)9;/h5H,3-4H2,1-2H3,(H,8,9);/q;+1/p-1. The van der Waals surface area contributed by atoms with Crippen molar-refractivity contribution in [1.29, 1.82) is 0 Å². The van der Waals surface area contributed by atoms with Gasteiger partial charge in [-0.05, 0) is 12.3 Å². The van der Waals surface area contributed by atoms with Gasteiger partial charge in [-0.1, -0.05) is 13.8 Å². The van der Waals surface area contributed by atoms with E-state index in [1.165, 1.54) is 0 Å². The summed E-state index contributed by atoms with van der Waals surface area (Å²) in [5.74, 6) is 0.661. The Labute approximate surface area is 83.8 Å². The minimum Gasteiger partial charge on any atom is -0.514 e. The zero-order chi connectivity index (χ0) is 7.28. The zero-order valence-corrected chi connectivity index (χ0v) is 8.59. The van der Waals surface area contributed by atoms with E-state index in [0.717, 1.165) is 6.42 Å². The van der Waals surface area contributed by atoms with Gasteiger partial charge >= 0.3 is 17.1 Å². The molecule has 1 nitrogen and oxygen atoms in total.